The van der Waals surface area contributed by atoms with Crippen molar-refractivity contribution >= 4 is 11.6 Å². The summed E-state index contributed by atoms with van der Waals surface area (Å²) < 4.78 is 1.75. The number of nitrogens with one attached hydrogen (secondary N) is 1. The molecule has 1 N–H and O–H groups in total. The Morgan fingerprint density at radius 3 is 3.09 bits per heavy atom. The number of amides is 1. The summed E-state index contributed by atoms with van der Waals surface area (Å²) in [6.07, 6.45) is 6.54. The van der Waals surface area contributed by atoms with E-state index in [9.17, 15) is 4.79 Å². The van der Waals surface area contributed by atoms with E-state index in [1.807, 2.05) is 6.07 Å². The average Bonchev–Trinajstić information content (AvgIpc) is 3.02. The van der Waals surface area contributed by atoms with Gasteiger partial charge in [-0.15, -0.1) is 10.2 Å². The first-order valence-corrected chi connectivity index (χ1v) is 7.49. The van der Waals surface area contributed by atoms with Crippen LogP contribution in [0, 0.1) is 0 Å². The number of hydrogen-bond donors (Lipinski definition) is 1. The fraction of sp³-hybridized carbons (Fsp3) is 0.235. The zero-order chi connectivity index (χ0) is 14.9. The Morgan fingerprint density at radius 1 is 1.23 bits per heavy atom. The molecule has 1 aliphatic rings. The van der Waals surface area contributed by atoms with E-state index in [4.69, 9.17) is 0 Å². The third-order valence-corrected chi connectivity index (χ3v) is 4.23. The topological polar surface area (TPSA) is 59.3 Å². The molecule has 4 rings (SSSR count). The molecule has 5 nitrogen and oxygen atoms in total. The monoisotopic (exact) mass is 292 g/mol. The van der Waals surface area contributed by atoms with Gasteiger partial charge in [0.05, 0.1) is 11.6 Å². The molecule has 110 valence electrons. The van der Waals surface area contributed by atoms with Crippen molar-refractivity contribution in [2.24, 2.45) is 0 Å². The molecular weight excluding hydrogens is 276 g/mol. The van der Waals surface area contributed by atoms with Crippen LogP contribution < -0.4 is 5.32 Å². The molecule has 22 heavy (non-hydrogen) atoms. The quantitative estimate of drug-likeness (QED) is 0.789. The second kappa shape index (κ2) is 5.26. The van der Waals surface area contributed by atoms with Gasteiger partial charge in [0.2, 0.25) is 0 Å². The number of carbonyl (C=O) groups is 1. The van der Waals surface area contributed by atoms with Crippen LogP contribution in [-0.4, -0.2) is 20.5 Å². The SMILES string of the molecule is O=C(N[C@H]1CCCc2ccccc21)c1ccc2nncn2c1. The van der Waals surface area contributed by atoms with Gasteiger partial charge < -0.3 is 5.32 Å². The van der Waals surface area contributed by atoms with Crippen LogP contribution in [0.3, 0.4) is 0 Å². The van der Waals surface area contributed by atoms with E-state index in [0.717, 1.165) is 24.9 Å². The summed E-state index contributed by atoms with van der Waals surface area (Å²) in [5.41, 5.74) is 3.94. The highest BCUT2D eigenvalue weighted by atomic mass is 16.1. The van der Waals surface area contributed by atoms with Crippen molar-refractivity contribution in [3.05, 3.63) is 65.6 Å². The van der Waals surface area contributed by atoms with Gasteiger partial charge in [0.15, 0.2) is 5.65 Å². The molecule has 2 heterocycles. The largest absolute Gasteiger partial charge is 0.345 e. The molecule has 1 aliphatic carbocycles. The van der Waals surface area contributed by atoms with Crippen LogP contribution in [0.4, 0.5) is 0 Å². The molecule has 2 aromatic heterocycles. The number of pyridine rings is 1. The van der Waals surface area contributed by atoms with E-state index in [-0.39, 0.29) is 11.9 Å². The first-order chi connectivity index (χ1) is 10.8. The number of hydrogen-bond acceptors (Lipinski definition) is 3. The Kier molecular flexibility index (Phi) is 3.11. The van der Waals surface area contributed by atoms with Gasteiger partial charge in [-0.3, -0.25) is 9.20 Å². The Bertz CT molecular complexity index is 839. The van der Waals surface area contributed by atoms with E-state index < -0.39 is 0 Å². The Labute approximate surface area is 128 Å². The fourth-order valence-electron chi connectivity index (χ4n) is 3.11. The fourth-order valence-corrected chi connectivity index (χ4v) is 3.11. The normalized spacial score (nSPS) is 17.2. The Morgan fingerprint density at radius 2 is 2.14 bits per heavy atom. The minimum Gasteiger partial charge on any atom is -0.345 e. The van der Waals surface area contributed by atoms with Crippen molar-refractivity contribution < 1.29 is 4.79 Å². The van der Waals surface area contributed by atoms with Gasteiger partial charge in [-0.1, -0.05) is 24.3 Å². The van der Waals surface area contributed by atoms with Gasteiger partial charge >= 0.3 is 0 Å². The molecule has 0 saturated carbocycles. The van der Waals surface area contributed by atoms with Gasteiger partial charge in [0, 0.05) is 6.20 Å². The summed E-state index contributed by atoms with van der Waals surface area (Å²) in [6, 6.07) is 12.0. The van der Waals surface area contributed by atoms with Gasteiger partial charge in [0.25, 0.3) is 5.91 Å². The second-order valence-corrected chi connectivity index (χ2v) is 5.63. The highest BCUT2D eigenvalue weighted by molar-refractivity contribution is 5.94. The summed E-state index contributed by atoms with van der Waals surface area (Å²) in [5, 5.41) is 10.9. The van der Waals surface area contributed by atoms with Crippen molar-refractivity contribution in [3.63, 3.8) is 0 Å². The molecule has 1 amide bonds. The van der Waals surface area contributed by atoms with Gasteiger partial charge in [-0.25, -0.2) is 0 Å². The summed E-state index contributed by atoms with van der Waals surface area (Å²) in [5.74, 6) is -0.0581. The lowest BCUT2D eigenvalue weighted by molar-refractivity contribution is 0.0932. The van der Waals surface area contributed by atoms with Crippen molar-refractivity contribution in [1.82, 2.24) is 19.9 Å². The molecular formula is C17H16N4O. The van der Waals surface area contributed by atoms with E-state index in [1.54, 1.807) is 29.1 Å². The van der Waals surface area contributed by atoms with Crippen LogP contribution >= 0.6 is 0 Å². The van der Waals surface area contributed by atoms with Gasteiger partial charge in [-0.2, -0.15) is 0 Å². The lowest BCUT2D eigenvalue weighted by Gasteiger charge is -2.26. The molecule has 1 atom stereocenters. The lowest BCUT2D eigenvalue weighted by atomic mass is 9.87. The first-order valence-electron chi connectivity index (χ1n) is 7.49. The predicted octanol–water partition coefficient (Wildman–Crippen LogP) is 2.54. The number of carbonyl (C=O) groups excluding carboxylic acids is 1. The number of aromatic nitrogens is 3. The van der Waals surface area contributed by atoms with Crippen LogP contribution in [0.5, 0.6) is 0 Å². The zero-order valence-corrected chi connectivity index (χ0v) is 12.1. The number of aryl methyl sites for hydroxylation is 1. The molecule has 0 radical (unpaired) electrons. The molecule has 0 saturated heterocycles. The highest BCUT2D eigenvalue weighted by Crippen LogP contribution is 2.29. The predicted molar refractivity (Wildman–Crippen MR) is 82.6 cm³/mol. The summed E-state index contributed by atoms with van der Waals surface area (Å²) in [7, 11) is 0. The highest BCUT2D eigenvalue weighted by Gasteiger charge is 2.21. The van der Waals surface area contributed by atoms with Crippen molar-refractivity contribution in [3.8, 4) is 0 Å². The Balaban J connectivity index is 1.59. The van der Waals surface area contributed by atoms with Crippen molar-refractivity contribution in [2.75, 3.05) is 0 Å². The molecule has 5 heteroatoms. The molecule has 0 spiro atoms. The molecule has 3 aromatic rings. The molecule has 1 aromatic carbocycles. The number of benzene rings is 1. The zero-order valence-electron chi connectivity index (χ0n) is 12.1. The second-order valence-electron chi connectivity index (χ2n) is 5.63. The molecule has 0 unspecified atom stereocenters. The van der Waals surface area contributed by atoms with Gasteiger partial charge in [0.1, 0.15) is 6.33 Å². The van der Waals surface area contributed by atoms with Crippen molar-refractivity contribution in [2.45, 2.75) is 25.3 Å². The van der Waals surface area contributed by atoms with Crippen LogP contribution in [0.25, 0.3) is 5.65 Å². The van der Waals surface area contributed by atoms with E-state index in [2.05, 4.69) is 33.7 Å². The van der Waals surface area contributed by atoms with Crippen molar-refractivity contribution in [1.29, 1.82) is 0 Å². The molecule has 0 bridgehead atoms. The number of rotatable bonds is 2. The maximum absolute atomic E-state index is 12.5. The molecule has 0 aliphatic heterocycles. The number of fused-ring (bicyclic) bond motifs is 2. The van der Waals surface area contributed by atoms with E-state index >= 15 is 0 Å². The van der Waals surface area contributed by atoms with Gasteiger partial charge in [-0.05, 0) is 42.5 Å². The first kappa shape index (κ1) is 13.0. The lowest BCUT2D eigenvalue weighted by Crippen LogP contribution is -2.31. The average molecular weight is 292 g/mol. The third kappa shape index (κ3) is 2.24. The summed E-state index contributed by atoms with van der Waals surface area (Å²) in [6.45, 7) is 0. The van der Waals surface area contributed by atoms with E-state index in [0.29, 0.717) is 5.56 Å². The Hall–Kier alpha value is -2.69. The molecule has 0 fully saturated rings. The summed E-state index contributed by atoms with van der Waals surface area (Å²) in [4.78, 5) is 12.5. The number of nitrogens with zero attached hydrogens (tertiary/aromatic N) is 3. The van der Waals surface area contributed by atoms with Crippen LogP contribution in [0.1, 0.15) is 40.4 Å². The minimum absolute atomic E-state index is 0.0581. The minimum atomic E-state index is -0.0581. The maximum Gasteiger partial charge on any atom is 0.253 e. The van der Waals surface area contributed by atoms with E-state index in [1.165, 1.54) is 11.1 Å². The standard InChI is InChI=1S/C17H16N4O/c22-17(13-8-9-16-20-18-11-21(16)10-13)19-15-7-3-5-12-4-1-2-6-14(12)15/h1-2,4,6,8-11,15H,3,5,7H2,(H,19,22)/t15-/m0/s1. The third-order valence-electron chi connectivity index (χ3n) is 4.23. The van der Waals surface area contributed by atoms with Crippen LogP contribution in [0.2, 0.25) is 0 Å². The summed E-state index contributed by atoms with van der Waals surface area (Å²) >= 11 is 0. The maximum atomic E-state index is 12.5. The smallest absolute Gasteiger partial charge is 0.253 e. The van der Waals surface area contributed by atoms with Crippen LogP contribution in [0.15, 0.2) is 48.9 Å². The van der Waals surface area contributed by atoms with Crippen LogP contribution in [-0.2, 0) is 6.42 Å².